The van der Waals surface area contributed by atoms with Gasteiger partial charge >= 0.3 is 6.03 Å². The van der Waals surface area contributed by atoms with Crippen molar-refractivity contribution in [1.82, 2.24) is 15.1 Å². The Labute approximate surface area is 188 Å². The van der Waals surface area contributed by atoms with Gasteiger partial charge in [-0.2, -0.15) is 0 Å². The van der Waals surface area contributed by atoms with E-state index in [1.807, 2.05) is 31.2 Å². The molecular formula is C24H29N3O5. The fourth-order valence-corrected chi connectivity index (χ4v) is 4.53. The van der Waals surface area contributed by atoms with Crippen LogP contribution in [0, 0.1) is 0 Å². The summed E-state index contributed by atoms with van der Waals surface area (Å²) in [5, 5.41) is 2.95. The Morgan fingerprint density at radius 3 is 2.22 bits per heavy atom. The van der Waals surface area contributed by atoms with E-state index in [4.69, 9.17) is 14.2 Å². The van der Waals surface area contributed by atoms with Gasteiger partial charge in [-0.05, 0) is 53.8 Å². The monoisotopic (exact) mass is 439 g/mol. The number of fused-ring (bicyclic) bond motifs is 1. The third-order valence-corrected chi connectivity index (χ3v) is 6.43. The number of imide groups is 1. The molecule has 2 aromatic rings. The number of rotatable bonds is 7. The smallest absolute Gasteiger partial charge is 0.326 e. The summed E-state index contributed by atoms with van der Waals surface area (Å²) in [4.78, 5) is 29.8. The number of nitrogens with zero attached hydrogens (tertiary/aromatic N) is 2. The lowest BCUT2D eigenvalue weighted by Gasteiger charge is -2.32. The normalized spacial score (nSPS) is 20.7. The van der Waals surface area contributed by atoms with Crippen LogP contribution in [0.1, 0.15) is 30.0 Å². The summed E-state index contributed by atoms with van der Waals surface area (Å²) in [6.07, 6.45) is 1.26. The molecule has 2 aliphatic rings. The fourth-order valence-electron chi connectivity index (χ4n) is 4.53. The first-order valence-corrected chi connectivity index (χ1v) is 10.7. The van der Waals surface area contributed by atoms with Crippen LogP contribution in [0.25, 0.3) is 0 Å². The second kappa shape index (κ2) is 8.70. The third-order valence-electron chi connectivity index (χ3n) is 6.43. The number of carbonyl (C=O) groups is 2. The highest BCUT2D eigenvalue weighted by Crippen LogP contribution is 2.35. The molecule has 0 spiro atoms. The number of ether oxygens (including phenoxy) is 3. The molecule has 2 aliphatic heterocycles. The second-order valence-corrected chi connectivity index (χ2v) is 8.07. The number of amides is 3. The van der Waals surface area contributed by atoms with Gasteiger partial charge in [-0.25, -0.2) is 9.69 Å². The first kappa shape index (κ1) is 22.0. The van der Waals surface area contributed by atoms with E-state index in [0.29, 0.717) is 30.2 Å². The molecule has 1 N–H and O–H groups in total. The Morgan fingerprint density at radius 1 is 0.969 bits per heavy atom. The molecule has 1 saturated heterocycles. The average molecular weight is 440 g/mol. The minimum Gasteiger partial charge on any atom is -0.497 e. The summed E-state index contributed by atoms with van der Waals surface area (Å²) in [6.45, 7) is 3.49. The van der Waals surface area contributed by atoms with Gasteiger partial charge in [-0.15, -0.1) is 0 Å². The largest absolute Gasteiger partial charge is 0.497 e. The number of benzene rings is 2. The number of hydrogen-bond donors (Lipinski definition) is 1. The Kier molecular flexibility index (Phi) is 5.97. The maximum atomic E-state index is 13.5. The number of hydrogen-bond acceptors (Lipinski definition) is 6. The Bertz CT molecular complexity index is 1020. The molecule has 0 radical (unpaired) electrons. The number of methoxy groups -OCH3 is 3. The highest BCUT2D eigenvalue weighted by Gasteiger charge is 2.51. The van der Waals surface area contributed by atoms with Crippen molar-refractivity contribution in [2.24, 2.45) is 0 Å². The maximum Gasteiger partial charge on any atom is 0.326 e. The summed E-state index contributed by atoms with van der Waals surface area (Å²) in [5.41, 5.74) is 1.99. The number of urea groups is 1. The van der Waals surface area contributed by atoms with Crippen LogP contribution in [0.4, 0.5) is 4.79 Å². The van der Waals surface area contributed by atoms with Crippen LogP contribution in [-0.4, -0.2) is 56.3 Å². The van der Waals surface area contributed by atoms with Crippen molar-refractivity contribution in [3.05, 3.63) is 53.1 Å². The van der Waals surface area contributed by atoms with Crippen LogP contribution in [-0.2, 0) is 23.3 Å². The van der Waals surface area contributed by atoms with Crippen LogP contribution >= 0.6 is 0 Å². The van der Waals surface area contributed by atoms with Gasteiger partial charge < -0.3 is 19.5 Å². The molecule has 8 heteroatoms. The fraction of sp³-hybridized carbons (Fsp3) is 0.417. The van der Waals surface area contributed by atoms with Gasteiger partial charge in [0.15, 0.2) is 11.5 Å². The van der Waals surface area contributed by atoms with Crippen LogP contribution in [0.3, 0.4) is 0 Å². The van der Waals surface area contributed by atoms with Crippen molar-refractivity contribution in [2.45, 2.75) is 31.8 Å². The molecule has 2 aromatic carbocycles. The van der Waals surface area contributed by atoms with E-state index in [2.05, 4.69) is 10.2 Å². The zero-order valence-electron chi connectivity index (χ0n) is 18.9. The van der Waals surface area contributed by atoms with Gasteiger partial charge in [-0.1, -0.05) is 19.1 Å². The lowest BCUT2D eigenvalue weighted by molar-refractivity contribution is -0.133. The Morgan fingerprint density at radius 2 is 1.62 bits per heavy atom. The van der Waals surface area contributed by atoms with Crippen molar-refractivity contribution >= 4 is 11.9 Å². The summed E-state index contributed by atoms with van der Waals surface area (Å²) in [5.74, 6) is 1.86. The molecule has 0 bridgehead atoms. The molecule has 8 nitrogen and oxygen atoms in total. The highest BCUT2D eigenvalue weighted by molar-refractivity contribution is 6.07. The third kappa shape index (κ3) is 3.64. The van der Waals surface area contributed by atoms with Crippen LogP contribution in [0.5, 0.6) is 17.2 Å². The van der Waals surface area contributed by atoms with Gasteiger partial charge in [-0.3, -0.25) is 9.69 Å². The topological polar surface area (TPSA) is 80.3 Å². The standard InChI is InChI=1S/C24H29N3O5/c1-5-24(18-6-8-19(30-2)9-7-18)22(28)27(23(29)25-24)15-26-11-10-16-12-20(31-3)21(32-4)13-17(16)14-26/h6-9,12-13H,5,10-11,14-15H2,1-4H3,(H,25,29)/t24-/m0/s1. The van der Waals surface area contributed by atoms with E-state index in [9.17, 15) is 9.59 Å². The van der Waals surface area contributed by atoms with E-state index in [1.165, 1.54) is 10.5 Å². The van der Waals surface area contributed by atoms with Gasteiger partial charge in [0.05, 0.1) is 28.0 Å². The second-order valence-electron chi connectivity index (χ2n) is 8.07. The summed E-state index contributed by atoms with van der Waals surface area (Å²) in [6, 6.07) is 10.9. The SMILES string of the molecule is CC[C@@]1(c2ccc(OC)cc2)NC(=O)N(CN2CCc3cc(OC)c(OC)cc3C2)C1=O. The zero-order valence-corrected chi connectivity index (χ0v) is 18.9. The summed E-state index contributed by atoms with van der Waals surface area (Å²) >= 11 is 0. The van der Waals surface area contributed by atoms with Crippen LogP contribution in [0.15, 0.2) is 36.4 Å². The predicted octanol–water partition coefficient (Wildman–Crippen LogP) is 2.89. The van der Waals surface area contributed by atoms with Crippen molar-refractivity contribution in [3.8, 4) is 17.2 Å². The van der Waals surface area contributed by atoms with Gasteiger partial charge in [0.2, 0.25) is 0 Å². The molecule has 0 aromatic heterocycles. The minimum absolute atomic E-state index is 0.228. The molecule has 170 valence electrons. The molecular weight excluding hydrogens is 410 g/mol. The first-order chi connectivity index (χ1) is 15.4. The van der Waals surface area contributed by atoms with E-state index >= 15 is 0 Å². The average Bonchev–Trinajstić information content (AvgIpc) is 3.08. The minimum atomic E-state index is -1.06. The van der Waals surface area contributed by atoms with Crippen LogP contribution in [0.2, 0.25) is 0 Å². The molecule has 0 unspecified atom stereocenters. The molecule has 3 amide bonds. The van der Waals surface area contributed by atoms with Crippen LogP contribution < -0.4 is 19.5 Å². The summed E-state index contributed by atoms with van der Waals surface area (Å²) in [7, 11) is 4.83. The number of carbonyl (C=O) groups excluding carboxylic acids is 2. The van der Waals surface area contributed by atoms with Crippen molar-refractivity contribution in [2.75, 3.05) is 34.5 Å². The van der Waals surface area contributed by atoms with E-state index in [0.717, 1.165) is 24.1 Å². The predicted molar refractivity (Wildman–Crippen MR) is 119 cm³/mol. The zero-order chi connectivity index (χ0) is 22.9. The lowest BCUT2D eigenvalue weighted by atomic mass is 9.87. The molecule has 0 aliphatic carbocycles. The molecule has 4 rings (SSSR count). The molecule has 32 heavy (non-hydrogen) atoms. The quantitative estimate of drug-likeness (QED) is 0.669. The van der Waals surface area contributed by atoms with Crippen molar-refractivity contribution in [1.29, 1.82) is 0 Å². The molecule has 1 fully saturated rings. The Hall–Kier alpha value is -3.26. The van der Waals surface area contributed by atoms with Gasteiger partial charge in [0, 0.05) is 13.1 Å². The first-order valence-electron chi connectivity index (χ1n) is 10.7. The Balaban J connectivity index is 1.54. The summed E-state index contributed by atoms with van der Waals surface area (Å²) < 4.78 is 16.1. The van der Waals surface area contributed by atoms with Gasteiger partial charge in [0.25, 0.3) is 5.91 Å². The van der Waals surface area contributed by atoms with Crippen molar-refractivity contribution < 1.29 is 23.8 Å². The van der Waals surface area contributed by atoms with E-state index in [-0.39, 0.29) is 18.6 Å². The van der Waals surface area contributed by atoms with Gasteiger partial charge in [0.1, 0.15) is 11.3 Å². The number of nitrogens with one attached hydrogen (secondary N) is 1. The highest BCUT2D eigenvalue weighted by atomic mass is 16.5. The lowest BCUT2D eigenvalue weighted by Crippen LogP contribution is -2.46. The van der Waals surface area contributed by atoms with Crippen molar-refractivity contribution in [3.63, 3.8) is 0 Å². The molecule has 1 atom stereocenters. The van der Waals surface area contributed by atoms with E-state index < -0.39 is 5.54 Å². The molecule has 2 heterocycles. The maximum absolute atomic E-state index is 13.5. The molecule has 0 saturated carbocycles. The van der Waals surface area contributed by atoms with E-state index in [1.54, 1.807) is 33.5 Å².